The van der Waals surface area contributed by atoms with E-state index in [4.69, 9.17) is 9.47 Å². The fourth-order valence-electron chi connectivity index (χ4n) is 2.10. The number of guanidine groups is 1. The second-order valence-corrected chi connectivity index (χ2v) is 5.97. The second kappa shape index (κ2) is 11.7. The number of rotatable bonds is 10. The number of aliphatic imine (C=N–C) groups is 1. The van der Waals surface area contributed by atoms with Crippen molar-refractivity contribution in [1.29, 1.82) is 0 Å². The summed E-state index contributed by atoms with van der Waals surface area (Å²) in [6.45, 7) is 12.4. The van der Waals surface area contributed by atoms with E-state index in [2.05, 4.69) is 48.3 Å². The smallest absolute Gasteiger partial charge is 0.191 e. The molecular weight excluding hydrogens is 280 g/mol. The molecule has 1 aliphatic rings. The van der Waals surface area contributed by atoms with Crippen LogP contribution < -0.4 is 10.6 Å². The van der Waals surface area contributed by atoms with Gasteiger partial charge in [-0.2, -0.15) is 0 Å². The van der Waals surface area contributed by atoms with Crippen LogP contribution in [0.15, 0.2) is 4.99 Å². The Morgan fingerprint density at radius 2 is 2.23 bits per heavy atom. The highest BCUT2D eigenvalue weighted by Crippen LogP contribution is 2.08. The van der Waals surface area contributed by atoms with Gasteiger partial charge in [0.1, 0.15) is 0 Å². The van der Waals surface area contributed by atoms with Crippen LogP contribution in [0.1, 0.15) is 33.6 Å². The Labute approximate surface area is 135 Å². The number of nitrogens with one attached hydrogen (secondary N) is 2. The van der Waals surface area contributed by atoms with Crippen LogP contribution in [-0.4, -0.2) is 76.1 Å². The van der Waals surface area contributed by atoms with Crippen molar-refractivity contribution in [1.82, 2.24) is 15.5 Å². The summed E-state index contributed by atoms with van der Waals surface area (Å²) in [5.41, 5.74) is 0. The van der Waals surface area contributed by atoms with E-state index >= 15 is 0 Å². The molecule has 0 amide bonds. The summed E-state index contributed by atoms with van der Waals surface area (Å²) in [6, 6.07) is 0.568. The molecule has 1 saturated heterocycles. The molecule has 130 valence electrons. The minimum Gasteiger partial charge on any atom is -0.379 e. The van der Waals surface area contributed by atoms with Crippen molar-refractivity contribution in [2.75, 3.05) is 53.0 Å². The number of hydrogen-bond acceptors (Lipinski definition) is 4. The Balaban J connectivity index is 2.14. The molecule has 1 rings (SSSR count). The van der Waals surface area contributed by atoms with Gasteiger partial charge in [-0.25, -0.2) is 0 Å². The molecule has 0 saturated carbocycles. The van der Waals surface area contributed by atoms with Crippen molar-refractivity contribution in [3.63, 3.8) is 0 Å². The zero-order chi connectivity index (χ0) is 16.2. The van der Waals surface area contributed by atoms with Crippen LogP contribution in [0.4, 0.5) is 0 Å². The molecule has 0 radical (unpaired) electrons. The number of hydrogen-bond donors (Lipinski definition) is 2. The first-order chi connectivity index (χ1) is 10.6. The summed E-state index contributed by atoms with van der Waals surface area (Å²) in [5, 5.41) is 6.65. The molecule has 0 aromatic heterocycles. The second-order valence-electron chi connectivity index (χ2n) is 5.97. The SMILES string of the molecule is CCNC(=NCCCOC1CCOC1)NCCN(C)C(C)C. The molecule has 0 spiro atoms. The molecule has 6 heteroatoms. The van der Waals surface area contributed by atoms with Crippen LogP contribution in [0.3, 0.4) is 0 Å². The average Bonchev–Trinajstić information content (AvgIpc) is 2.99. The number of ether oxygens (including phenoxy) is 2. The van der Waals surface area contributed by atoms with Crippen LogP contribution in [0.5, 0.6) is 0 Å². The van der Waals surface area contributed by atoms with Crippen molar-refractivity contribution < 1.29 is 9.47 Å². The van der Waals surface area contributed by atoms with Crippen LogP contribution >= 0.6 is 0 Å². The number of nitrogens with zero attached hydrogens (tertiary/aromatic N) is 2. The molecule has 1 aliphatic heterocycles. The Bertz CT molecular complexity index is 305. The van der Waals surface area contributed by atoms with E-state index in [-0.39, 0.29) is 0 Å². The quantitative estimate of drug-likeness (QED) is 0.359. The van der Waals surface area contributed by atoms with Crippen molar-refractivity contribution >= 4 is 5.96 Å². The lowest BCUT2D eigenvalue weighted by atomic mass is 10.3. The molecule has 6 nitrogen and oxygen atoms in total. The molecule has 0 aromatic carbocycles. The number of likely N-dealkylation sites (N-methyl/N-ethyl adjacent to an activating group) is 1. The zero-order valence-corrected chi connectivity index (χ0v) is 14.7. The summed E-state index contributed by atoms with van der Waals surface area (Å²) in [6.07, 6.45) is 2.26. The van der Waals surface area contributed by atoms with Crippen LogP contribution in [0.2, 0.25) is 0 Å². The van der Waals surface area contributed by atoms with E-state index in [9.17, 15) is 0 Å². The van der Waals surface area contributed by atoms with Gasteiger partial charge in [0.15, 0.2) is 5.96 Å². The van der Waals surface area contributed by atoms with Gasteiger partial charge in [-0.3, -0.25) is 4.99 Å². The molecule has 0 aliphatic carbocycles. The lowest BCUT2D eigenvalue weighted by Gasteiger charge is -2.21. The molecule has 0 aromatic rings. The molecule has 1 heterocycles. The van der Waals surface area contributed by atoms with Crippen LogP contribution in [0, 0.1) is 0 Å². The van der Waals surface area contributed by atoms with Gasteiger partial charge >= 0.3 is 0 Å². The molecule has 1 unspecified atom stereocenters. The normalized spacial score (nSPS) is 19.2. The zero-order valence-electron chi connectivity index (χ0n) is 14.7. The van der Waals surface area contributed by atoms with Crippen LogP contribution in [-0.2, 0) is 9.47 Å². The first-order valence-corrected chi connectivity index (χ1v) is 8.55. The molecule has 2 N–H and O–H groups in total. The van der Waals surface area contributed by atoms with Gasteiger partial charge < -0.3 is 25.0 Å². The third-order valence-corrected chi connectivity index (χ3v) is 3.80. The Morgan fingerprint density at radius 1 is 1.41 bits per heavy atom. The maximum Gasteiger partial charge on any atom is 0.191 e. The predicted octanol–water partition coefficient (Wildman–Crippen LogP) is 1.08. The molecular formula is C16H34N4O2. The summed E-state index contributed by atoms with van der Waals surface area (Å²) >= 11 is 0. The maximum absolute atomic E-state index is 5.74. The summed E-state index contributed by atoms with van der Waals surface area (Å²) in [7, 11) is 2.14. The largest absolute Gasteiger partial charge is 0.379 e. The Hall–Kier alpha value is -0.850. The van der Waals surface area contributed by atoms with Crippen molar-refractivity contribution in [3.8, 4) is 0 Å². The van der Waals surface area contributed by atoms with Crippen LogP contribution in [0.25, 0.3) is 0 Å². The van der Waals surface area contributed by atoms with Gasteiger partial charge in [-0.05, 0) is 40.7 Å². The van der Waals surface area contributed by atoms with E-state index in [1.54, 1.807) is 0 Å². The Kier molecular flexibility index (Phi) is 10.2. The minimum atomic E-state index is 0.293. The van der Waals surface area contributed by atoms with E-state index in [0.717, 1.165) is 64.8 Å². The average molecular weight is 314 g/mol. The molecule has 22 heavy (non-hydrogen) atoms. The van der Waals surface area contributed by atoms with Crippen molar-refractivity contribution in [3.05, 3.63) is 0 Å². The standard InChI is InChI=1S/C16H34N4O2/c1-5-17-16(19-9-10-20(4)14(2)3)18-8-6-11-22-15-7-12-21-13-15/h14-15H,5-13H2,1-4H3,(H2,17,18,19). The van der Waals surface area contributed by atoms with Crippen molar-refractivity contribution in [2.24, 2.45) is 4.99 Å². The highest BCUT2D eigenvalue weighted by molar-refractivity contribution is 5.79. The first-order valence-electron chi connectivity index (χ1n) is 8.55. The minimum absolute atomic E-state index is 0.293. The van der Waals surface area contributed by atoms with Gasteiger partial charge in [-0.15, -0.1) is 0 Å². The first kappa shape index (κ1) is 19.2. The fraction of sp³-hybridized carbons (Fsp3) is 0.938. The highest BCUT2D eigenvalue weighted by atomic mass is 16.5. The molecule has 0 bridgehead atoms. The monoisotopic (exact) mass is 314 g/mol. The highest BCUT2D eigenvalue weighted by Gasteiger charge is 2.15. The van der Waals surface area contributed by atoms with E-state index in [1.807, 2.05) is 0 Å². The van der Waals surface area contributed by atoms with Gasteiger partial charge in [0, 0.05) is 45.4 Å². The lowest BCUT2D eigenvalue weighted by Crippen LogP contribution is -2.42. The summed E-state index contributed by atoms with van der Waals surface area (Å²) < 4.78 is 11.0. The van der Waals surface area contributed by atoms with Gasteiger partial charge in [-0.1, -0.05) is 0 Å². The van der Waals surface area contributed by atoms with E-state index < -0.39 is 0 Å². The maximum atomic E-state index is 5.74. The van der Waals surface area contributed by atoms with E-state index in [0.29, 0.717) is 12.1 Å². The third kappa shape index (κ3) is 8.56. The topological polar surface area (TPSA) is 58.1 Å². The van der Waals surface area contributed by atoms with Gasteiger partial charge in [0.2, 0.25) is 0 Å². The van der Waals surface area contributed by atoms with Crippen molar-refractivity contribution in [2.45, 2.75) is 45.8 Å². The Morgan fingerprint density at radius 3 is 2.86 bits per heavy atom. The van der Waals surface area contributed by atoms with Gasteiger partial charge in [0.25, 0.3) is 0 Å². The predicted molar refractivity (Wildman–Crippen MR) is 91.5 cm³/mol. The van der Waals surface area contributed by atoms with Gasteiger partial charge in [0.05, 0.1) is 12.7 Å². The third-order valence-electron chi connectivity index (χ3n) is 3.80. The fourth-order valence-corrected chi connectivity index (χ4v) is 2.10. The van der Waals surface area contributed by atoms with E-state index in [1.165, 1.54) is 0 Å². The molecule has 1 atom stereocenters. The molecule has 1 fully saturated rings. The summed E-state index contributed by atoms with van der Waals surface area (Å²) in [5.74, 6) is 0.892. The lowest BCUT2D eigenvalue weighted by molar-refractivity contribution is 0.0424. The summed E-state index contributed by atoms with van der Waals surface area (Å²) in [4.78, 5) is 6.90.